The Balaban J connectivity index is 0.000000360. The summed E-state index contributed by atoms with van der Waals surface area (Å²) < 4.78 is 31.7. The van der Waals surface area contributed by atoms with Gasteiger partial charge >= 0.3 is 12.1 Å². The normalized spacial score (nSPS) is 20.7. The minimum atomic E-state index is -5.08. The van der Waals surface area contributed by atoms with Gasteiger partial charge in [-0.3, -0.25) is 9.59 Å². The van der Waals surface area contributed by atoms with Crippen LogP contribution in [0.15, 0.2) is 36.4 Å². The van der Waals surface area contributed by atoms with Gasteiger partial charge in [0.15, 0.2) is 0 Å². The molecular formula is C23H27F3N2O4. The Morgan fingerprint density at radius 3 is 2.12 bits per heavy atom. The molecule has 1 aliphatic carbocycles. The number of benzene rings is 1. The molecule has 0 spiro atoms. The van der Waals surface area contributed by atoms with Gasteiger partial charge in [-0.1, -0.05) is 43.2 Å². The third kappa shape index (κ3) is 6.91. The highest BCUT2D eigenvalue weighted by atomic mass is 19.4. The van der Waals surface area contributed by atoms with Gasteiger partial charge in [-0.15, -0.1) is 0 Å². The first-order chi connectivity index (χ1) is 15.1. The van der Waals surface area contributed by atoms with Gasteiger partial charge in [0.25, 0.3) is 0 Å². The molecule has 0 aromatic heterocycles. The molecule has 32 heavy (non-hydrogen) atoms. The number of rotatable bonds is 7. The van der Waals surface area contributed by atoms with Crippen LogP contribution in [0.5, 0.6) is 0 Å². The number of carbonyl (C=O) groups is 3. The maximum Gasteiger partial charge on any atom is 0.490 e. The number of nitrogens with zero attached hydrogens (tertiary/aromatic N) is 1. The van der Waals surface area contributed by atoms with Crippen LogP contribution in [0.1, 0.15) is 43.2 Å². The number of alkyl halides is 3. The van der Waals surface area contributed by atoms with Crippen molar-refractivity contribution in [2.45, 2.75) is 57.4 Å². The van der Waals surface area contributed by atoms with E-state index in [0.717, 1.165) is 25.3 Å². The predicted octanol–water partition coefficient (Wildman–Crippen LogP) is 3.46. The summed E-state index contributed by atoms with van der Waals surface area (Å²) in [6, 6.07) is 8.28. The molecule has 2 fully saturated rings. The summed E-state index contributed by atoms with van der Waals surface area (Å²) in [4.78, 5) is 35.6. The number of Topliss-reactive ketones (excluding diaryl/α,β-unsaturated/α-hetero) is 1. The second-order valence-electron chi connectivity index (χ2n) is 8.53. The van der Waals surface area contributed by atoms with Gasteiger partial charge in [0.2, 0.25) is 5.91 Å². The lowest BCUT2D eigenvalue weighted by Crippen LogP contribution is -2.48. The number of allylic oxidation sites excluding steroid dienone is 1. The first-order valence-corrected chi connectivity index (χ1v) is 10.7. The minimum Gasteiger partial charge on any atom is -0.475 e. The lowest BCUT2D eigenvalue weighted by Gasteiger charge is -2.27. The highest BCUT2D eigenvalue weighted by Crippen LogP contribution is 2.37. The summed E-state index contributed by atoms with van der Waals surface area (Å²) in [6.07, 6.45) is 3.75. The van der Waals surface area contributed by atoms with E-state index in [-0.39, 0.29) is 17.9 Å². The molecule has 1 saturated heterocycles. The Morgan fingerprint density at radius 2 is 1.69 bits per heavy atom. The Bertz CT molecular complexity index is 851. The zero-order valence-electron chi connectivity index (χ0n) is 17.6. The van der Waals surface area contributed by atoms with E-state index in [1.165, 1.54) is 24.0 Å². The van der Waals surface area contributed by atoms with Crippen molar-refractivity contribution in [3.05, 3.63) is 47.5 Å². The van der Waals surface area contributed by atoms with Gasteiger partial charge in [-0.2, -0.15) is 13.2 Å². The summed E-state index contributed by atoms with van der Waals surface area (Å²) in [5.74, 6) is -1.43. The van der Waals surface area contributed by atoms with Crippen LogP contribution in [0.3, 0.4) is 0 Å². The molecular weight excluding hydrogens is 425 g/mol. The van der Waals surface area contributed by atoms with Crippen LogP contribution in [-0.4, -0.2) is 46.4 Å². The Kier molecular flexibility index (Phi) is 7.71. The molecule has 2 aliphatic heterocycles. The van der Waals surface area contributed by atoms with E-state index in [1.54, 1.807) is 6.08 Å². The van der Waals surface area contributed by atoms with E-state index in [1.807, 2.05) is 23.1 Å². The summed E-state index contributed by atoms with van der Waals surface area (Å²) in [5, 5.41) is 10.3. The minimum absolute atomic E-state index is 0.0545. The number of fused-ring (bicyclic) bond motifs is 1. The van der Waals surface area contributed by atoms with Crippen LogP contribution in [0, 0.1) is 11.8 Å². The Labute approximate surface area is 184 Å². The van der Waals surface area contributed by atoms with E-state index < -0.39 is 12.1 Å². The Morgan fingerprint density at radius 1 is 1.12 bits per heavy atom. The molecule has 6 nitrogen and oxygen atoms in total. The lowest BCUT2D eigenvalue weighted by molar-refractivity contribution is -0.192. The molecule has 2 atom stereocenters. The zero-order chi connectivity index (χ0) is 23.3. The predicted molar refractivity (Wildman–Crippen MR) is 110 cm³/mol. The zero-order valence-corrected chi connectivity index (χ0v) is 17.6. The van der Waals surface area contributed by atoms with Crippen LogP contribution in [0.25, 0.3) is 0 Å². The first kappa shape index (κ1) is 24.0. The summed E-state index contributed by atoms with van der Waals surface area (Å²) in [7, 11) is 0. The van der Waals surface area contributed by atoms with Crippen molar-refractivity contribution in [2.75, 3.05) is 6.54 Å². The standard InChI is InChI=1S/C21H26N2O2.C2HF3O2/c24-20(19-9-10-22-19)12-16(11-15-5-6-15)7-8-21(25)23-13-17-3-1-2-4-18(17)14-23;3-2(4,5)1(6)7/h1-4,7-8,15-16,19,22H,5-6,9-14H2;(H,6,7)/b8-7+;/t16-,19+;/m1./s1. The molecule has 2 heterocycles. The maximum absolute atomic E-state index is 12.5. The maximum atomic E-state index is 12.5. The highest BCUT2D eigenvalue weighted by molar-refractivity contribution is 5.88. The van der Waals surface area contributed by atoms with Crippen molar-refractivity contribution in [3.63, 3.8) is 0 Å². The monoisotopic (exact) mass is 452 g/mol. The number of hydrogen-bond acceptors (Lipinski definition) is 4. The number of carbonyl (C=O) groups excluding carboxylic acids is 2. The molecule has 174 valence electrons. The molecule has 9 heteroatoms. The molecule has 2 N–H and O–H groups in total. The van der Waals surface area contributed by atoms with Crippen molar-refractivity contribution >= 4 is 17.7 Å². The lowest BCUT2D eigenvalue weighted by atomic mass is 9.90. The number of carboxylic acids is 1. The molecule has 0 bridgehead atoms. The number of hydrogen-bond donors (Lipinski definition) is 2. The van der Waals surface area contributed by atoms with Crippen LogP contribution < -0.4 is 5.32 Å². The van der Waals surface area contributed by atoms with E-state index in [9.17, 15) is 22.8 Å². The van der Waals surface area contributed by atoms with Gasteiger partial charge in [0.05, 0.1) is 6.04 Å². The fraction of sp³-hybridized carbons (Fsp3) is 0.522. The van der Waals surface area contributed by atoms with Crippen molar-refractivity contribution in [3.8, 4) is 0 Å². The first-order valence-electron chi connectivity index (χ1n) is 10.7. The second-order valence-corrected chi connectivity index (χ2v) is 8.53. The van der Waals surface area contributed by atoms with Gasteiger partial charge < -0.3 is 15.3 Å². The van der Waals surface area contributed by atoms with E-state index in [4.69, 9.17) is 9.90 Å². The average Bonchev–Trinajstić information content (AvgIpc) is 3.38. The van der Waals surface area contributed by atoms with E-state index in [2.05, 4.69) is 17.4 Å². The topological polar surface area (TPSA) is 86.7 Å². The van der Waals surface area contributed by atoms with Crippen molar-refractivity contribution in [1.29, 1.82) is 0 Å². The molecule has 1 aromatic carbocycles. The molecule has 3 aliphatic rings. The Hall–Kier alpha value is -2.68. The van der Waals surface area contributed by atoms with Gasteiger partial charge in [-0.25, -0.2) is 4.79 Å². The van der Waals surface area contributed by atoms with E-state index in [0.29, 0.717) is 25.3 Å². The number of ketones is 1. The number of aliphatic carboxylic acids is 1. The fourth-order valence-electron chi connectivity index (χ4n) is 3.79. The van der Waals surface area contributed by atoms with Crippen LogP contribution >= 0.6 is 0 Å². The SMILES string of the molecule is O=C(C[C@H](/C=C/C(=O)N1Cc2ccccc2C1)CC1CC1)[C@@H]1CCN1.O=C(O)C(F)(F)F. The smallest absolute Gasteiger partial charge is 0.475 e. The molecule has 4 rings (SSSR count). The summed E-state index contributed by atoms with van der Waals surface area (Å²) in [6.45, 7) is 2.34. The molecule has 0 unspecified atom stereocenters. The average molecular weight is 452 g/mol. The number of amides is 1. The van der Waals surface area contributed by atoms with Gasteiger partial charge in [0, 0.05) is 19.5 Å². The van der Waals surface area contributed by atoms with Crippen molar-refractivity contribution in [1.82, 2.24) is 10.2 Å². The largest absolute Gasteiger partial charge is 0.490 e. The van der Waals surface area contributed by atoms with Gasteiger partial charge in [-0.05, 0) is 48.4 Å². The second kappa shape index (κ2) is 10.3. The molecule has 1 saturated carbocycles. The highest BCUT2D eigenvalue weighted by Gasteiger charge is 2.38. The third-order valence-corrected chi connectivity index (χ3v) is 5.91. The fourth-order valence-corrected chi connectivity index (χ4v) is 3.79. The number of halogens is 3. The van der Waals surface area contributed by atoms with Crippen molar-refractivity contribution in [2.24, 2.45) is 11.8 Å². The van der Waals surface area contributed by atoms with Crippen LogP contribution in [0.2, 0.25) is 0 Å². The summed E-state index contributed by atoms with van der Waals surface area (Å²) in [5.41, 5.74) is 2.48. The quantitative estimate of drug-likeness (QED) is 0.619. The number of nitrogens with one attached hydrogen (secondary N) is 1. The molecule has 1 aromatic rings. The van der Waals surface area contributed by atoms with Crippen molar-refractivity contribution < 1.29 is 32.7 Å². The third-order valence-electron chi connectivity index (χ3n) is 5.91. The van der Waals surface area contributed by atoms with Crippen LogP contribution in [0.4, 0.5) is 13.2 Å². The summed E-state index contributed by atoms with van der Waals surface area (Å²) >= 11 is 0. The van der Waals surface area contributed by atoms with Crippen LogP contribution in [-0.2, 0) is 27.5 Å². The molecule has 1 amide bonds. The molecule has 0 radical (unpaired) electrons. The van der Waals surface area contributed by atoms with E-state index >= 15 is 0 Å². The van der Waals surface area contributed by atoms with Gasteiger partial charge in [0.1, 0.15) is 5.78 Å². The number of carboxylic acid groups (broad SMARTS) is 1.